The molecule has 0 saturated heterocycles. The number of carboxylic acids is 1. The molecule has 0 spiro atoms. The van der Waals surface area contributed by atoms with Gasteiger partial charge in [0.15, 0.2) is 0 Å². The molecule has 12 heavy (non-hydrogen) atoms. The van der Waals surface area contributed by atoms with Crippen LogP contribution in [0.2, 0.25) is 0 Å². The zero-order valence-corrected chi connectivity index (χ0v) is 10.9. The van der Waals surface area contributed by atoms with Gasteiger partial charge in [-0.05, 0) is 6.92 Å². The Morgan fingerprint density at radius 2 is 1.58 bits per heavy atom. The van der Waals surface area contributed by atoms with Gasteiger partial charge in [0.25, 0.3) is 0 Å². The molecule has 0 amide bonds. The molecule has 0 heterocycles. The van der Waals surface area contributed by atoms with Crippen LogP contribution in [0.1, 0.15) is 6.92 Å². The molecular weight excluding hydrogens is 185 g/mol. The average Bonchev–Trinajstić information content (AvgIpc) is 1.88. The third-order valence-corrected chi connectivity index (χ3v) is 0.642. The van der Waals surface area contributed by atoms with Crippen molar-refractivity contribution < 1.29 is 61.3 Å². The third kappa shape index (κ3) is 44.1. The van der Waals surface area contributed by atoms with Crippen molar-refractivity contribution in [3.05, 3.63) is 0 Å². The molecule has 0 atom stereocenters. The Hall–Kier alpha value is 0.986. The first kappa shape index (κ1) is 18.7. The minimum absolute atomic E-state index is 0. The van der Waals surface area contributed by atoms with Gasteiger partial charge in [-0.1, -0.05) is 0 Å². The molecule has 0 radical (unpaired) electrons. The van der Waals surface area contributed by atoms with Crippen molar-refractivity contribution in [3.63, 3.8) is 0 Å². The van der Waals surface area contributed by atoms with Crippen LogP contribution in [0, 0.1) is 0 Å². The van der Waals surface area contributed by atoms with Crippen LogP contribution in [0.3, 0.4) is 0 Å². The summed E-state index contributed by atoms with van der Waals surface area (Å²) in [5.74, 6) is -1.08. The predicted molar refractivity (Wildman–Crippen MR) is 41.7 cm³/mol. The summed E-state index contributed by atoms with van der Waals surface area (Å²) >= 11 is 0. The van der Waals surface area contributed by atoms with Crippen LogP contribution in [-0.2, 0) is 4.79 Å². The summed E-state index contributed by atoms with van der Waals surface area (Å²) in [7, 11) is 0. The van der Waals surface area contributed by atoms with Gasteiger partial charge in [-0.2, -0.15) is 0 Å². The minimum Gasteiger partial charge on any atom is -0.550 e. The van der Waals surface area contributed by atoms with Gasteiger partial charge in [0.05, 0.1) is 0 Å². The van der Waals surface area contributed by atoms with Gasteiger partial charge in [-0.3, -0.25) is 0 Å². The molecule has 5 nitrogen and oxygen atoms in total. The van der Waals surface area contributed by atoms with E-state index in [0.717, 1.165) is 20.0 Å². The molecule has 0 bridgehead atoms. The normalized spacial score (nSPS) is 7.58. The van der Waals surface area contributed by atoms with E-state index < -0.39 is 5.97 Å². The Morgan fingerprint density at radius 3 is 1.75 bits per heavy atom. The smallest absolute Gasteiger partial charge is 0.550 e. The van der Waals surface area contributed by atoms with E-state index in [1.807, 2.05) is 0 Å². The fourth-order valence-corrected chi connectivity index (χ4v) is 0.329. The molecule has 0 aliphatic rings. The van der Waals surface area contributed by atoms with Crippen molar-refractivity contribution in [2.75, 3.05) is 26.2 Å². The second kappa shape index (κ2) is 17.9. The molecule has 0 fully saturated rings. The van der Waals surface area contributed by atoms with Crippen molar-refractivity contribution >= 4 is 5.97 Å². The van der Waals surface area contributed by atoms with Crippen LogP contribution >= 0.6 is 0 Å². The molecule has 5 N–H and O–H groups in total. The van der Waals surface area contributed by atoms with E-state index >= 15 is 0 Å². The van der Waals surface area contributed by atoms with Gasteiger partial charge in [0.2, 0.25) is 0 Å². The molecular formula is C6H16KN3O2. The number of carbonyl (C=O) groups excluding carboxylic acids is 1. The maximum atomic E-state index is 8.89. The summed E-state index contributed by atoms with van der Waals surface area (Å²) in [6.07, 6.45) is 0. The molecule has 0 aromatic carbocycles. The topological polar surface area (TPSA) is 104 Å². The Kier molecular flexibility index (Phi) is 27.9. The Morgan fingerprint density at radius 1 is 1.33 bits per heavy atom. The quantitative estimate of drug-likeness (QED) is 0.310. The Bertz CT molecular complexity index is 84.9. The van der Waals surface area contributed by atoms with Crippen LogP contribution in [0.5, 0.6) is 0 Å². The van der Waals surface area contributed by atoms with Crippen LogP contribution in [0.25, 0.3) is 0 Å². The zero-order chi connectivity index (χ0) is 9.11. The molecule has 0 saturated carbocycles. The summed E-state index contributed by atoms with van der Waals surface area (Å²) in [5, 5.41) is 11.9. The largest absolute Gasteiger partial charge is 1.00 e. The first-order valence-corrected chi connectivity index (χ1v) is 3.43. The summed E-state index contributed by atoms with van der Waals surface area (Å²) in [4.78, 5) is 8.89. The number of hydrogen-bond donors (Lipinski definition) is 3. The second-order valence-electron chi connectivity index (χ2n) is 1.82. The van der Waals surface area contributed by atoms with E-state index in [0.29, 0.717) is 13.1 Å². The van der Waals surface area contributed by atoms with Gasteiger partial charge in [-0.25, -0.2) is 0 Å². The van der Waals surface area contributed by atoms with Gasteiger partial charge in [-0.15, -0.1) is 0 Å². The number of nitrogens with one attached hydrogen (secondary N) is 1. The fourth-order valence-electron chi connectivity index (χ4n) is 0.329. The zero-order valence-electron chi connectivity index (χ0n) is 7.80. The molecule has 0 aromatic heterocycles. The molecule has 0 aliphatic carbocycles. The number of aliphatic carboxylic acids is 1. The number of nitrogens with two attached hydrogens (primary N) is 2. The molecule has 0 aliphatic heterocycles. The van der Waals surface area contributed by atoms with Crippen molar-refractivity contribution in [1.82, 2.24) is 5.32 Å². The summed E-state index contributed by atoms with van der Waals surface area (Å²) < 4.78 is 0. The Labute approximate surface area is 116 Å². The minimum atomic E-state index is -1.08. The van der Waals surface area contributed by atoms with E-state index in [1.165, 1.54) is 0 Å². The number of hydrogen-bond acceptors (Lipinski definition) is 5. The maximum Gasteiger partial charge on any atom is 1.00 e. The second-order valence-corrected chi connectivity index (χ2v) is 1.82. The van der Waals surface area contributed by atoms with Crippen molar-refractivity contribution in [2.45, 2.75) is 6.92 Å². The third-order valence-electron chi connectivity index (χ3n) is 0.642. The summed E-state index contributed by atoms with van der Waals surface area (Å²) in [6, 6.07) is 0. The van der Waals surface area contributed by atoms with Crippen LogP contribution in [0.15, 0.2) is 0 Å². The van der Waals surface area contributed by atoms with Crippen LogP contribution < -0.4 is 73.3 Å². The SMILES string of the molecule is CC(=O)[O-].NCCNCCN.[K+]. The van der Waals surface area contributed by atoms with E-state index in [-0.39, 0.29) is 51.4 Å². The maximum absolute atomic E-state index is 8.89. The van der Waals surface area contributed by atoms with Gasteiger partial charge in [0.1, 0.15) is 0 Å². The van der Waals surface area contributed by atoms with E-state index in [4.69, 9.17) is 21.4 Å². The Balaban J connectivity index is -0.000000142. The fraction of sp³-hybridized carbons (Fsp3) is 0.833. The van der Waals surface area contributed by atoms with Crippen LogP contribution in [0.4, 0.5) is 0 Å². The van der Waals surface area contributed by atoms with Crippen molar-refractivity contribution in [2.24, 2.45) is 11.5 Å². The molecule has 0 unspecified atom stereocenters. The number of carbonyl (C=O) groups is 1. The molecule has 68 valence electrons. The summed E-state index contributed by atoms with van der Waals surface area (Å²) in [5.41, 5.74) is 10.3. The number of rotatable bonds is 4. The monoisotopic (exact) mass is 201 g/mol. The summed E-state index contributed by atoms with van der Waals surface area (Å²) in [6.45, 7) is 4.11. The number of carboxylic acid groups (broad SMARTS) is 1. The predicted octanol–water partition coefficient (Wildman–Crippen LogP) is -5.75. The van der Waals surface area contributed by atoms with Crippen LogP contribution in [-0.4, -0.2) is 32.1 Å². The van der Waals surface area contributed by atoms with Gasteiger partial charge < -0.3 is 26.7 Å². The molecule has 0 rings (SSSR count). The van der Waals surface area contributed by atoms with Crippen molar-refractivity contribution in [1.29, 1.82) is 0 Å². The molecule has 6 heteroatoms. The van der Waals surface area contributed by atoms with Crippen molar-refractivity contribution in [3.8, 4) is 0 Å². The molecule has 0 aromatic rings. The standard InChI is InChI=1S/C4H13N3.C2H4O2.K/c5-1-3-7-4-2-6;1-2(3)4;/h7H,1-6H2;1H3,(H,3,4);/q;;+1/p-1. The van der Waals surface area contributed by atoms with E-state index in [9.17, 15) is 0 Å². The van der Waals surface area contributed by atoms with E-state index in [1.54, 1.807) is 0 Å². The van der Waals surface area contributed by atoms with Gasteiger partial charge in [0, 0.05) is 32.1 Å². The first-order valence-electron chi connectivity index (χ1n) is 3.43. The van der Waals surface area contributed by atoms with Gasteiger partial charge >= 0.3 is 51.4 Å². The van der Waals surface area contributed by atoms with E-state index in [2.05, 4.69) is 5.32 Å². The first-order chi connectivity index (χ1) is 5.15. The average molecular weight is 201 g/mol.